The molecule has 4 heteroatoms. The monoisotopic (exact) mass is 264 g/mol. The summed E-state index contributed by atoms with van der Waals surface area (Å²) in [5.74, 6) is -1.31. The fraction of sp³-hybridized carbons (Fsp3) is 0.0625. The molecule has 0 amide bonds. The zero-order valence-electron chi connectivity index (χ0n) is 10.9. The quantitative estimate of drug-likeness (QED) is 0.771. The van der Waals surface area contributed by atoms with Crippen molar-refractivity contribution in [2.24, 2.45) is 0 Å². The van der Waals surface area contributed by atoms with Crippen LogP contribution in [0.2, 0.25) is 0 Å². The van der Waals surface area contributed by atoms with Crippen LogP contribution in [0.1, 0.15) is 16.2 Å². The first-order valence-corrected chi connectivity index (χ1v) is 6.20. The molecule has 0 aliphatic carbocycles. The summed E-state index contributed by atoms with van der Waals surface area (Å²) in [6.07, 6.45) is 1.46. The van der Waals surface area contributed by atoms with E-state index < -0.39 is 5.97 Å². The normalized spacial score (nSPS) is 10.7. The van der Waals surface area contributed by atoms with E-state index in [0.717, 1.165) is 16.3 Å². The van der Waals surface area contributed by atoms with E-state index in [4.69, 9.17) is 5.11 Å². The number of carboxylic acid groups (broad SMARTS) is 1. The zero-order chi connectivity index (χ0) is 14.1. The number of aryl methyl sites for hydroxylation is 1. The average molecular weight is 264 g/mol. The first kappa shape index (κ1) is 12.3. The maximum absolute atomic E-state index is 10.9. The molecule has 98 valence electrons. The molecule has 1 aromatic heterocycles. The highest BCUT2D eigenvalue weighted by molar-refractivity contribution is 5.88. The largest absolute Gasteiger partial charge is 0.475 e. The number of nitrogens with zero attached hydrogens (tertiary/aromatic N) is 2. The van der Waals surface area contributed by atoms with Gasteiger partial charge in [-0.15, -0.1) is 0 Å². The average Bonchev–Trinajstić information content (AvgIpc) is 2.47. The Balaban J connectivity index is 2.12. The van der Waals surface area contributed by atoms with Gasteiger partial charge in [-0.3, -0.25) is 0 Å². The molecule has 3 rings (SSSR count). The molecule has 0 saturated carbocycles. The van der Waals surface area contributed by atoms with E-state index in [0.29, 0.717) is 5.69 Å². The molecule has 4 nitrogen and oxygen atoms in total. The number of carboxylic acids is 1. The molecule has 1 N–H and O–H groups in total. The number of hydrogen-bond acceptors (Lipinski definition) is 3. The minimum Gasteiger partial charge on any atom is -0.475 e. The molecule has 0 aliphatic heterocycles. The smallest absolute Gasteiger partial charge is 0.373 e. The van der Waals surface area contributed by atoms with Crippen molar-refractivity contribution < 1.29 is 9.90 Å². The zero-order valence-corrected chi connectivity index (χ0v) is 10.9. The van der Waals surface area contributed by atoms with Gasteiger partial charge in [0.15, 0.2) is 0 Å². The Labute approximate surface area is 115 Å². The lowest BCUT2D eigenvalue weighted by atomic mass is 10.0. The SMILES string of the molecule is Cc1ccc2cc(-c3ccnc(C(=O)O)n3)ccc2c1. The summed E-state index contributed by atoms with van der Waals surface area (Å²) >= 11 is 0. The predicted octanol–water partition coefficient (Wildman–Crippen LogP) is 3.30. The van der Waals surface area contributed by atoms with Crippen LogP contribution in [0.4, 0.5) is 0 Å². The minimum absolute atomic E-state index is 0.188. The lowest BCUT2D eigenvalue weighted by Crippen LogP contribution is -2.04. The van der Waals surface area contributed by atoms with Crippen molar-refractivity contribution in [2.75, 3.05) is 0 Å². The van der Waals surface area contributed by atoms with E-state index in [2.05, 4.69) is 29.0 Å². The Morgan fingerprint density at radius 3 is 2.60 bits per heavy atom. The highest BCUT2D eigenvalue weighted by atomic mass is 16.4. The van der Waals surface area contributed by atoms with Crippen LogP contribution >= 0.6 is 0 Å². The van der Waals surface area contributed by atoms with Gasteiger partial charge in [-0.1, -0.05) is 35.9 Å². The van der Waals surface area contributed by atoms with E-state index in [1.807, 2.05) is 24.3 Å². The van der Waals surface area contributed by atoms with Crippen molar-refractivity contribution >= 4 is 16.7 Å². The van der Waals surface area contributed by atoms with Gasteiger partial charge in [0.2, 0.25) is 5.82 Å². The van der Waals surface area contributed by atoms with E-state index >= 15 is 0 Å². The first-order valence-electron chi connectivity index (χ1n) is 6.20. The molecule has 0 atom stereocenters. The Bertz CT molecular complexity index is 812. The predicted molar refractivity (Wildman–Crippen MR) is 76.7 cm³/mol. The van der Waals surface area contributed by atoms with Crippen molar-refractivity contribution in [1.29, 1.82) is 0 Å². The van der Waals surface area contributed by atoms with Crippen LogP contribution in [-0.2, 0) is 0 Å². The van der Waals surface area contributed by atoms with Crippen molar-refractivity contribution in [3.8, 4) is 11.3 Å². The standard InChI is InChI=1S/C16H12N2O2/c1-10-2-3-12-9-13(5-4-11(12)8-10)14-6-7-17-15(18-14)16(19)20/h2-9H,1H3,(H,19,20). The number of aromatic nitrogens is 2. The number of hydrogen-bond donors (Lipinski definition) is 1. The minimum atomic E-state index is -1.12. The van der Waals surface area contributed by atoms with Gasteiger partial charge in [0.05, 0.1) is 5.69 Å². The molecular formula is C16H12N2O2. The number of carbonyl (C=O) groups is 1. The van der Waals surface area contributed by atoms with Crippen LogP contribution in [0.15, 0.2) is 48.7 Å². The molecule has 0 unspecified atom stereocenters. The van der Waals surface area contributed by atoms with Crippen LogP contribution in [0.25, 0.3) is 22.0 Å². The second kappa shape index (κ2) is 4.74. The van der Waals surface area contributed by atoms with Gasteiger partial charge in [-0.2, -0.15) is 0 Å². The Morgan fingerprint density at radius 2 is 1.80 bits per heavy atom. The van der Waals surface area contributed by atoms with Gasteiger partial charge in [0, 0.05) is 11.8 Å². The van der Waals surface area contributed by atoms with E-state index in [9.17, 15) is 4.79 Å². The Hall–Kier alpha value is -2.75. The number of aromatic carboxylic acids is 1. The summed E-state index contributed by atoms with van der Waals surface area (Å²) < 4.78 is 0. The maximum Gasteiger partial charge on any atom is 0.373 e. The van der Waals surface area contributed by atoms with Crippen LogP contribution < -0.4 is 0 Å². The second-order valence-electron chi connectivity index (χ2n) is 4.64. The van der Waals surface area contributed by atoms with E-state index in [1.165, 1.54) is 11.8 Å². The topological polar surface area (TPSA) is 63.1 Å². The van der Waals surface area contributed by atoms with Gasteiger partial charge in [-0.25, -0.2) is 14.8 Å². The highest BCUT2D eigenvalue weighted by Crippen LogP contribution is 2.23. The third-order valence-corrected chi connectivity index (χ3v) is 3.14. The molecule has 3 aromatic rings. The fourth-order valence-corrected chi connectivity index (χ4v) is 2.15. The van der Waals surface area contributed by atoms with Gasteiger partial charge in [0.25, 0.3) is 0 Å². The molecule has 20 heavy (non-hydrogen) atoms. The van der Waals surface area contributed by atoms with Crippen molar-refractivity contribution in [1.82, 2.24) is 9.97 Å². The molecular weight excluding hydrogens is 252 g/mol. The molecule has 0 radical (unpaired) electrons. The fourth-order valence-electron chi connectivity index (χ4n) is 2.15. The van der Waals surface area contributed by atoms with Crippen molar-refractivity contribution in [2.45, 2.75) is 6.92 Å². The van der Waals surface area contributed by atoms with Gasteiger partial charge in [0.1, 0.15) is 0 Å². The van der Waals surface area contributed by atoms with Crippen molar-refractivity contribution in [3.63, 3.8) is 0 Å². The Kier molecular flexibility index (Phi) is 2.91. The lowest BCUT2D eigenvalue weighted by Gasteiger charge is -2.05. The van der Waals surface area contributed by atoms with Gasteiger partial charge in [-0.05, 0) is 29.8 Å². The first-order chi connectivity index (χ1) is 9.63. The summed E-state index contributed by atoms with van der Waals surface area (Å²) in [6, 6.07) is 13.9. The van der Waals surface area contributed by atoms with Gasteiger partial charge < -0.3 is 5.11 Å². The summed E-state index contributed by atoms with van der Waals surface area (Å²) in [5, 5.41) is 11.2. The third kappa shape index (κ3) is 2.23. The summed E-state index contributed by atoms with van der Waals surface area (Å²) in [4.78, 5) is 18.7. The van der Waals surface area contributed by atoms with Crippen LogP contribution in [-0.4, -0.2) is 21.0 Å². The molecule has 1 heterocycles. The molecule has 0 spiro atoms. The maximum atomic E-state index is 10.9. The van der Waals surface area contributed by atoms with E-state index in [1.54, 1.807) is 6.07 Å². The molecule has 2 aromatic carbocycles. The number of rotatable bonds is 2. The lowest BCUT2D eigenvalue weighted by molar-refractivity contribution is 0.0683. The Morgan fingerprint density at radius 1 is 1.05 bits per heavy atom. The number of benzene rings is 2. The van der Waals surface area contributed by atoms with Crippen molar-refractivity contribution in [3.05, 3.63) is 60.0 Å². The highest BCUT2D eigenvalue weighted by Gasteiger charge is 2.08. The van der Waals surface area contributed by atoms with Crippen LogP contribution in [0, 0.1) is 6.92 Å². The molecule has 0 bridgehead atoms. The third-order valence-electron chi connectivity index (χ3n) is 3.14. The van der Waals surface area contributed by atoms with Gasteiger partial charge >= 0.3 is 5.97 Å². The number of fused-ring (bicyclic) bond motifs is 1. The molecule has 0 aliphatic rings. The summed E-state index contributed by atoms with van der Waals surface area (Å²) in [6.45, 7) is 2.05. The second-order valence-corrected chi connectivity index (χ2v) is 4.64. The van der Waals surface area contributed by atoms with Crippen LogP contribution in [0.3, 0.4) is 0 Å². The molecule has 0 saturated heterocycles. The molecule has 0 fully saturated rings. The summed E-state index contributed by atoms with van der Waals surface area (Å²) in [5.41, 5.74) is 2.70. The van der Waals surface area contributed by atoms with Crippen LogP contribution in [0.5, 0.6) is 0 Å². The summed E-state index contributed by atoms with van der Waals surface area (Å²) in [7, 11) is 0. The van der Waals surface area contributed by atoms with E-state index in [-0.39, 0.29) is 5.82 Å².